The third-order valence-corrected chi connectivity index (χ3v) is 6.92. The van der Waals surface area contributed by atoms with E-state index in [1.807, 2.05) is 37.3 Å². The molecule has 0 saturated carbocycles. The van der Waals surface area contributed by atoms with Crippen LogP contribution in [0.2, 0.25) is 0 Å². The normalized spacial score (nSPS) is 11.0. The predicted molar refractivity (Wildman–Crippen MR) is 136 cm³/mol. The van der Waals surface area contributed by atoms with Crippen molar-refractivity contribution in [2.75, 3.05) is 20.7 Å². The number of ether oxygens (including phenoxy) is 1. The number of hydrogen-bond acceptors (Lipinski definition) is 6. The molecule has 2 amide bonds. The summed E-state index contributed by atoms with van der Waals surface area (Å²) in [6.45, 7) is 2.36. The SMILES string of the molecule is CNC(=O)CCN(Cc1ccc(C)o1)C(=O)c1cc2cc(OC)cc(-c3ccc(=O)n(C)c3)c2s1. The Morgan fingerprint density at radius 3 is 2.63 bits per heavy atom. The Hall–Kier alpha value is -3.85. The largest absolute Gasteiger partial charge is 0.497 e. The summed E-state index contributed by atoms with van der Waals surface area (Å²) in [6, 6.07) is 12.6. The van der Waals surface area contributed by atoms with Crippen LogP contribution in [-0.4, -0.2) is 42.0 Å². The third kappa shape index (κ3) is 5.30. The molecule has 0 radical (unpaired) electrons. The molecule has 4 aromatic rings. The Labute approximate surface area is 206 Å². The first kappa shape index (κ1) is 24.3. The van der Waals surface area contributed by atoms with Gasteiger partial charge in [0.15, 0.2) is 0 Å². The molecule has 9 heteroatoms. The Morgan fingerprint density at radius 1 is 1.17 bits per heavy atom. The molecule has 35 heavy (non-hydrogen) atoms. The van der Waals surface area contributed by atoms with Gasteiger partial charge < -0.3 is 23.9 Å². The molecule has 0 aliphatic heterocycles. The lowest BCUT2D eigenvalue weighted by Crippen LogP contribution is -2.33. The quantitative estimate of drug-likeness (QED) is 0.401. The molecule has 3 aromatic heterocycles. The first-order valence-electron chi connectivity index (χ1n) is 11.1. The molecule has 0 unspecified atom stereocenters. The van der Waals surface area contributed by atoms with Crippen LogP contribution in [0.25, 0.3) is 21.2 Å². The zero-order valence-electron chi connectivity index (χ0n) is 20.1. The van der Waals surface area contributed by atoms with E-state index in [9.17, 15) is 14.4 Å². The van der Waals surface area contributed by atoms with Crippen molar-refractivity contribution in [3.05, 3.63) is 75.4 Å². The number of carbonyl (C=O) groups is 2. The molecule has 182 valence electrons. The van der Waals surface area contributed by atoms with Crippen LogP contribution < -0.4 is 15.6 Å². The second kappa shape index (κ2) is 10.2. The smallest absolute Gasteiger partial charge is 0.264 e. The summed E-state index contributed by atoms with van der Waals surface area (Å²) < 4.78 is 13.6. The van der Waals surface area contributed by atoms with E-state index in [0.717, 1.165) is 27.0 Å². The van der Waals surface area contributed by atoms with Crippen molar-refractivity contribution < 1.29 is 18.7 Å². The van der Waals surface area contributed by atoms with E-state index in [2.05, 4.69) is 5.32 Å². The minimum absolute atomic E-state index is 0.102. The molecule has 0 atom stereocenters. The number of fused-ring (bicyclic) bond motifs is 1. The molecular weight excluding hydrogens is 466 g/mol. The van der Waals surface area contributed by atoms with Crippen molar-refractivity contribution in [1.82, 2.24) is 14.8 Å². The summed E-state index contributed by atoms with van der Waals surface area (Å²) in [4.78, 5) is 39.6. The van der Waals surface area contributed by atoms with E-state index < -0.39 is 0 Å². The molecule has 4 rings (SSSR count). The number of aryl methyl sites for hydroxylation is 2. The molecule has 0 aliphatic rings. The summed E-state index contributed by atoms with van der Waals surface area (Å²) >= 11 is 1.37. The molecule has 0 saturated heterocycles. The highest BCUT2D eigenvalue weighted by Crippen LogP contribution is 2.38. The van der Waals surface area contributed by atoms with E-state index >= 15 is 0 Å². The van der Waals surface area contributed by atoms with Gasteiger partial charge in [-0.3, -0.25) is 14.4 Å². The first-order valence-corrected chi connectivity index (χ1v) is 11.9. The van der Waals surface area contributed by atoms with Crippen LogP contribution in [0.3, 0.4) is 0 Å². The summed E-state index contributed by atoms with van der Waals surface area (Å²) in [5.74, 6) is 1.74. The summed E-state index contributed by atoms with van der Waals surface area (Å²) in [7, 11) is 4.87. The van der Waals surface area contributed by atoms with Gasteiger partial charge in [-0.05, 0) is 54.3 Å². The average Bonchev–Trinajstić information content (AvgIpc) is 3.47. The van der Waals surface area contributed by atoms with Crippen LogP contribution >= 0.6 is 11.3 Å². The van der Waals surface area contributed by atoms with Gasteiger partial charge in [0, 0.05) is 49.6 Å². The zero-order valence-corrected chi connectivity index (χ0v) is 20.9. The van der Waals surface area contributed by atoms with Crippen molar-refractivity contribution >= 4 is 33.2 Å². The second-order valence-electron chi connectivity index (χ2n) is 8.23. The Bertz CT molecular complexity index is 1450. The Kier molecular flexibility index (Phi) is 7.07. The maximum absolute atomic E-state index is 13.6. The van der Waals surface area contributed by atoms with Gasteiger partial charge in [0.2, 0.25) is 11.5 Å². The van der Waals surface area contributed by atoms with Crippen LogP contribution in [0.1, 0.15) is 27.6 Å². The topological polar surface area (TPSA) is 93.8 Å². The summed E-state index contributed by atoms with van der Waals surface area (Å²) in [6.07, 6.45) is 1.95. The Morgan fingerprint density at radius 2 is 1.97 bits per heavy atom. The van der Waals surface area contributed by atoms with Gasteiger partial charge >= 0.3 is 0 Å². The fourth-order valence-corrected chi connectivity index (χ4v) is 4.99. The molecule has 1 N–H and O–H groups in total. The van der Waals surface area contributed by atoms with Gasteiger partial charge in [0.1, 0.15) is 17.3 Å². The lowest BCUT2D eigenvalue weighted by atomic mass is 10.1. The van der Waals surface area contributed by atoms with Crippen molar-refractivity contribution in [2.45, 2.75) is 19.9 Å². The third-order valence-electron chi connectivity index (χ3n) is 5.75. The molecule has 3 heterocycles. The van der Waals surface area contributed by atoms with Gasteiger partial charge in [-0.1, -0.05) is 0 Å². The van der Waals surface area contributed by atoms with E-state index in [1.165, 1.54) is 22.0 Å². The van der Waals surface area contributed by atoms with E-state index in [-0.39, 0.29) is 36.9 Å². The second-order valence-corrected chi connectivity index (χ2v) is 9.29. The number of pyridine rings is 1. The van der Waals surface area contributed by atoms with Crippen LogP contribution in [-0.2, 0) is 18.4 Å². The first-order chi connectivity index (χ1) is 16.8. The Balaban J connectivity index is 1.74. The van der Waals surface area contributed by atoms with Crippen molar-refractivity contribution in [2.24, 2.45) is 7.05 Å². The van der Waals surface area contributed by atoms with E-state index in [1.54, 1.807) is 38.4 Å². The van der Waals surface area contributed by atoms with Crippen molar-refractivity contribution in [1.29, 1.82) is 0 Å². The lowest BCUT2D eigenvalue weighted by molar-refractivity contribution is -0.120. The minimum Gasteiger partial charge on any atom is -0.497 e. The van der Waals surface area contributed by atoms with Crippen LogP contribution in [0, 0.1) is 6.92 Å². The molecule has 0 fully saturated rings. The standard InChI is InChI=1S/C26H27N3O5S/c1-16-5-7-19(34-16)15-29(10-9-23(30)27-2)26(32)22-12-18-11-20(33-4)13-21(25(18)35-22)17-6-8-24(31)28(3)14-17/h5-8,11-14H,9-10,15H2,1-4H3,(H,27,30). The van der Waals surface area contributed by atoms with Gasteiger partial charge in [-0.2, -0.15) is 0 Å². The van der Waals surface area contributed by atoms with Gasteiger partial charge in [0.25, 0.3) is 5.91 Å². The highest BCUT2D eigenvalue weighted by atomic mass is 32.1. The number of benzene rings is 1. The van der Waals surface area contributed by atoms with Gasteiger partial charge in [-0.15, -0.1) is 11.3 Å². The molecule has 0 aliphatic carbocycles. The number of amides is 2. The number of aromatic nitrogens is 1. The van der Waals surface area contributed by atoms with Crippen molar-refractivity contribution in [3.8, 4) is 16.9 Å². The fraction of sp³-hybridized carbons (Fsp3) is 0.269. The maximum atomic E-state index is 13.6. The van der Waals surface area contributed by atoms with Gasteiger partial charge in [0.05, 0.1) is 18.5 Å². The minimum atomic E-state index is -0.186. The average molecular weight is 494 g/mol. The number of methoxy groups -OCH3 is 1. The fourth-order valence-electron chi connectivity index (χ4n) is 3.84. The summed E-state index contributed by atoms with van der Waals surface area (Å²) in [5, 5.41) is 3.46. The number of rotatable bonds is 8. The van der Waals surface area contributed by atoms with Crippen LogP contribution in [0.15, 0.2) is 57.9 Å². The highest BCUT2D eigenvalue weighted by Gasteiger charge is 2.22. The molecule has 1 aromatic carbocycles. The number of carbonyl (C=O) groups excluding carboxylic acids is 2. The number of nitrogens with one attached hydrogen (secondary N) is 1. The molecule has 8 nitrogen and oxygen atoms in total. The molecule has 0 bridgehead atoms. The van der Waals surface area contributed by atoms with Crippen LogP contribution in [0.4, 0.5) is 0 Å². The monoisotopic (exact) mass is 493 g/mol. The number of nitrogens with zero attached hydrogens (tertiary/aromatic N) is 2. The number of furan rings is 1. The van der Waals surface area contributed by atoms with Crippen molar-refractivity contribution in [3.63, 3.8) is 0 Å². The maximum Gasteiger partial charge on any atom is 0.264 e. The molecular formula is C26H27N3O5S. The number of thiophene rings is 1. The predicted octanol–water partition coefficient (Wildman–Crippen LogP) is 3.96. The highest BCUT2D eigenvalue weighted by molar-refractivity contribution is 7.21. The van der Waals surface area contributed by atoms with E-state index in [0.29, 0.717) is 16.4 Å². The van der Waals surface area contributed by atoms with Crippen LogP contribution in [0.5, 0.6) is 5.75 Å². The zero-order chi connectivity index (χ0) is 25.1. The van der Waals surface area contributed by atoms with Gasteiger partial charge in [-0.25, -0.2) is 0 Å². The number of hydrogen-bond donors (Lipinski definition) is 1. The lowest BCUT2D eigenvalue weighted by Gasteiger charge is -2.20. The summed E-state index contributed by atoms with van der Waals surface area (Å²) in [5.41, 5.74) is 1.62. The molecule has 0 spiro atoms. The van der Waals surface area contributed by atoms with E-state index in [4.69, 9.17) is 9.15 Å².